The molecule has 1 aliphatic heterocycles. The first kappa shape index (κ1) is 18.6. The van der Waals surface area contributed by atoms with E-state index in [0.717, 1.165) is 11.3 Å². The molecule has 0 atom stereocenters. The van der Waals surface area contributed by atoms with Gasteiger partial charge in [-0.25, -0.2) is 9.78 Å². The molecule has 0 fully saturated rings. The van der Waals surface area contributed by atoms with Crippen LogP contribution in [-0.2, 0) is 17.6 Å². The number of aromatic nitrogens is 2. The van der Waals surface area contributed by atoms with Crippen LogP contribution in [0, 0.1) is 6.92 Å². The number of pyridine rings is 2. The van der Waals surface area contributed by atoms with Crippen LogP contribution >= 0.6 is 23.2 Å². The zero-order valence-electron chi connectivity index (χ0n) is 14.4. The Morgan fingerprint density at radius 2 is 1.88 bits per heavy atom. The zero-order chi connectivity index (χ0) is 18.8. The lowest BCUT2D eigenvalue weighted by Gasteiger charge is -2.20. The molecule has 136 valence electrons. The highest BCUT2D eigenvalue weighted by Gasteiger charge is 2.24. The Balaban J connectivity index is 1.83. The molecule has 0 spiro atoms. The fourth-order valence-electron chi connectivity index (χ4n) is 2.99. The number of hydrogen-bond acceptors (Lipinski definition) is 5. The Kier molecular flexibility index (Phi) is 5.44. The molecular formula is C18H17Cl2N3O3. The Labute approximate surface area is 161 Å². The van der Waals surface area contributed by atoms with E-state index in [1.165, 1.54) is 19.4 Å². The van der Waals surface area contributed by atoms with Crippen molar-refractivity contribution in [2.75, 3.05) is 20.2 Å². The molecule has 0 unspecified atom stereocenters. The zero-order valence-corrected chi connectivity index (χ0v) is 15.9. The van der Waals surface area contributed by atoms with E-state index >= 15 is 0 Å². The summed E-state index contributed by atoms with van der Waals surface area (Å²) in [5.41, 5.74) is 3.25. The standard InChI is InChI=1S/C18H17Cl2N3O3/c1-10-12(18(25)26-2)7-11-3-5-23(6-4-15(11)22-10)17(24)13-9-21-16(20)8-14(13)19/h7-9H,3-6H2,1-2H3. The van der Waals surface area contributed by atoms with Crippen LogP contribution in [-0.4, -0.2) is 46.9 Å². The van der Waals surface area contributed by atoms with Gasteiger partial charge < -0.3 is 9.64 Å². The van der Waals surface area contributed by atoms with Gasteiger partial charge in [0.2, 0.25) is 0 Å². The van der Waals surface area contributed by atoms with Crippen molar-refractivity contribution in [3.63, 3.8) is 0 Å². The molecule has 0 radical (unpaired) electrons. The van der Waals surface area contributed by atoms with E-state index < -0.39 is 5.97 Å². The number of ether oxygens (including phenoxy) is 1. The minimum absolute atomic E-state index is 0.197. The predicted octanol–water partition coefficient (Wildman–Crippen LogP) is 3.12. The quantitative estimate of drug-likeness (QED) is 0.578. The first-order chi connectivity index (χ1) is 12.4. The van der Waals surface area contributed by atoms with Crippen LogP contribution in [0.1, 0.15) is 37.7 Å². The molecule has 2 aromatic heterocycles. The molecule has 0 saturated heterocycles. The van der Waals surface area contributed by atoms with Crippen LogP contribution < -0.4 is 0 Å². The first-order valence-corrected chi connectivity index (χ1v) is 8.84. The summed E-state index contributed by atoms with van der Waals surface area (Å²) in [6.07, 6.45) is 2.59. The second-order valence-corrected chi connectivity index (χ2v) is 6.79. The second kappa shape index (κ2) is 7.60. The number of esters is 1. The third kappa shape index (κ3) is 3.66. The van der Waals surface area contributed by atoms with Crippen LogP contribution in [0.3, 0.4) is 0 Å². The van der Waals surface area contributed by atoms with Gasteiger partial charge in [-0.3, -0.25) is 9.78 Å². The number of nitrogens with zero attached hydrogens (tertiary/aromatic N) is 3. The molecule has 3 heterocycles. The lowest BCUT2D eigenvalue weighted by Crippen LogP contribution is -2.33. The third-order valence-electron chi connectivity index (χ3n) is 4.39. The molecule has 0 aliphatic carbocycles. The average molecular weight is 394 g/mol. The minimum Gasteiger partial charge on any atom is -0.465 e. The highest BCUT2D eigenvalue weighted by Crippen LogP contribution is 2.23. The summed E-state index contributed by atoms with van der Waals surface area (Å²) < 4.78 is 4.80. The smallest absolute Gasteiger partial charge is 0.339 e. The van der Waals surface area contributed by atoms with Gasteiger partial charge in [-0.2, -0.15) is 0 Å². The van der Waals surface area contributed by atoms with Crippen molar-refractivity contribution in [3.8, 4) is 0 Å². The van der Waals surface area contributed by atoms with E-state index in [9.17, 15) is 9.59 Å². The summed E-state index contributed by atoms with van der Waals surface area (Å²) in [5.74, 6) is -0.606. The molecule has 1 aliphatic rings. The third-order valence-corrected chi connectivity index (χ3v) is 4.91. The molecule has 0 aromatic carbocycles. The monoisotopic (exact) mass is 393 g/mol. The van der Waals surface area contributed by atoms with Crippen LogP contribution in [0.4, 0.5) is 0 Å². The van der Waals surface area contributed by atoms with Crippen LogP contribution in [0.5, 0.6) is 0 Å². The summed E-state index contributed by atoms with van der Waals surface area (Å²) in [6, 6.07) is 3.27. The SMILES string of the molecule is COC(=O)c1cc2c(nc1C)CCN(C(=O)c1cnc(Cl)cc1Cl)CC2. The second-order valence-electron chi connectivity index (χ2n) is 6.00. The van der Waals surface area contributed by atoms with Crippen LogP contribution in [0.2, 0.25) is 10.2 Å². The summed E-state index contributed by atoms with van der Waals surface area (Å²) in [4.78, 5) is 34.9. The van der Waals surface area contributed by atoms with Crippen LogP contribution in [0.15, 0.2) is 18.3 Å². The number of halogens is 2. The van der Waals surface area contributed by atoms with E-state index in [4.69, 9.17) is 27.9 Å². The topological polar surface area (TPSA) is 72.4 Å². The number of carbonyl (C=O) groups excluding carboxylic acids is 2. The van der Waals surface area contributed by atoms with Gasteiger partial charge in [-0.1, -0.05) is 23.2 Å². The van der Waals surface area contributed by atoms with Gasteiger partial charge in [0, 0.05) is 31.4 Å². The molecule has 0 saturated carbocycles. The van der Waals surface area contributed by atoms with Crippen molar-refractivity contribution in [1.82, 2.24) is 14.9 Å². The Morgan fingerprint density at radius 3 is 2.58 bits per heavy atom. The molecule has 0 N–H and O–H groups in total. The Morgan fingerprint density at radius 1 is 1.15 bits per heavy atom. The molecule has 26 heavy (non-hydrogen) atoms. The van der Waals surface area contributed by atoms with E-state index in [0.29, 0.717) is 42.8 Å². The Hall–Kier alpha value is -2.18. The van der Waals surface area contributed by atoms with E-state index in [1.807, 2.05) is 6.07 Å². The van der Waals surface area contributed by atoms with Gasteiger partial charge in [-0.05, 0) is 31.0 Å². The maximum Gasteiger partial charge on any atom is 0.339 e. The number of methoxy groups -OCH3 is 1. The molecule has 3 rings (SSSR count). The number of fused-ring (bicyclic) bond motifs is 1. The maximum atomic E-state index is 12.8. The molecule has 1 amide bonds. The van der Waals surface area contributed by atoms with E-state index in [2.05, 4.69) is 9.97 Å². The minimum atomic E-state index is -0.408. The first-order valence-electron chi connectivity index (χ1n) is 8.08. The summed E-state index contributed by atoms with van der Waals surface area (Å²) in [6.45, 7) is 2.78. The largest absolute Gasteiger partial charge is 0.465 e. The van der Waals surface area contributed by atoms with Crippen molar-refractivity contribution in [3.05, 3.63) is 56.6 Å². The number of carbonyl (C=O) groups is 2. The Bertz CT molecular complexity index is 886. The van der Waals surface area contributed by atoms with E-state index in [1.54, 1.807) is 11.8 Å². The molecular weight excluding hydrogens is 377 g/mol. The van der Waals surface area contributed by atoms with Gasteiger partial charge in [0.05, 0.1) is 29.0 Å². The summed E-state index contributed by atoms with van der Waals surface area (Å²) in [7, 11) is 1.34. The highest BCUT2D eigenvalue weighted by molar-refractivity contribution is 6.36. The molecule has 0 bridgehead atoms. The average Bonchev–Trinajstić information content (AvgIpc) is 2.82. The normalized spacial score (nSPS) is 13.8. The van der Waals surface area contributed by atoms with Crippen LogP contribution in [0.25, 0.3) is 0 Å². The van der Waals surface area contributed by atoms with Crippen molar-refractivity contribution in [2.24, 2.45) is 0 Å². The number of hydrogen-bond donors (Lipinski definition) is 0. The van der Waals surface area contributed by atoms with Crippen molar-refractivity contribution in [2.45, 2.75) is 19.8 Å². The van der Waals surface area contributed by atoms with Crippen molar-refractivity contribution in [1.29, 1.82) is 0 Å². The number of amides is 1. The number of rotatable bonds is 2. The van der Waals surface area contributed by atoms with Gasteiger partial charge in [0.25, 0.3) is 5.91 Å². The van der Waals surface area contributed by atoms with Gasteiger partial charge in [0.15, 0.2) is 0 Å². The van der Waals surface area contributed by atoms with Gasteiger partial charge in [0.1, 0.15) is 5.15 Å². The fourth-order valence-corrected chi connectivity index (χ4v) is 3.44. The molecule has 2 aromatic rings. The fraction of sp³-hybridized carbons (Fsp3) is 0.333. The van der Waals surface area contributed by atoms with Gasteiger partial charge >= 0.3 is 5.97 Å². The lowest BCUT2D eigenvalue weighted by atomic mass is 10.0. The summed E-state index contributed by atoms with van der Waals surface area (Å²) >= 11 is 11.9. The molecule has 8 heteroatoms. The maximum absolute atomic E-state index is 12.8. The van der Waals surface area contributed by atoms with Gasteiger partial charge in [-0.15, -0.1) is 0 Å². The van der Waals surface area contributed by atoms with Crippen molar-refractivity contribution < 1.29 is 14.3 Å². The van der Waals surface area contributed by atoms with Crippen molar-refractivity contribution >= 4 is 35.1 Å². The van der Waals surface area contributed by atoms with E-state index in [-0.39, 0.29) is 16.1 Å². The highest BCUT2D eigenvalue weighted by atomic mass is 35.5. The molecule has 6 nitrogen and oxygen atoms in total. The number of aryl methyl sites for hydroxylation is 1. The summed E-state index contributed by atoms with van der Waals surface area (Å²) in [5, 5.41) is 0.517. The predicted molar refractivity (Wildman–Crippen MR) is 97.9 cm³/mol. The lowest BCUT2D eigenvalue weighted by molar-refractivity contribution is 0.0598.